The van der Waals surface area contributed by atoms with E-state index in [1.165, 1.54) is 5.69 Å². The van der Waals surface area contributed by atoms with E-state index in [0.29, 0.717) is 5.92 Å². The Balaban J connectivity index is 0.000000816. The molecule has 0 saturated carbocycles. The first-order valence-electron chi connectivity index (χ1n) is 7.84. The van der Waals surface area contributed by atoms with E-state index in [-0.39, 0.29) is 12.5 Å². The maximum Gasteiger partial charge on any atom is 0.317 e. The fourth-order valence-corrected chi connectivity index (χ4v) is 2.30. The predicted octanol–water partition coefficient (Wildman–Crippen LogP) is 1.66. The van der Waals surface area contributed by atoms with Crippen molar-refractivity contribution in [2.75, 3.05) is 37.6 Å². The molecule has 0 radical (unpaired) electrons. The largest absolute Gasteiger partial charge is 0.483 e. The minimum absolute atomic E-state index is 0.0695. The van der Waals surface area contributed by atoms with Crippen LogP contribution in [-0.2, 0) is 4.79 Å². The molecule has 1 fully saturated rings. The Kier molecular flexibility index (Phi) is 8.49. The standard InChI is InChI=1S/C15H24N4O.CH2O2/c1-13(2)3-8-17-15(20)19-11-9-18(10-12-19)14-4-6-16-7-5-14;2-1-3/h4-7,13H,3,8-12H2,1-2H3,(H,17,20);1H,(H,2,3). The molecule has 0 aliphatic carbocycles. The number of carboxylic acid groups (broad SMARTS) is 1. The Hall–Kier alpha value is -2.31. The van der Waals surface area contributed by atoms with E-state index in [1.54, 1.807) is 12.4 Å². The van der Waals surface area contributed by atoms with Crippen LogP contribution in [0.1, 0.15) is 20.3 Å². The molecule has 2 rings (SSSR count). The number of rotatable bonds is 4. The van der Waals surface area contributed by atoms with Gasteiger partial charge in [0.15, 0.2) is 0 Å². The van der Waals surface area contributed by atoms with Crippen molar-refractivity contribution in [2.45, 2.75) is 20.3 Å². The number of piperazine rings is 1. The normalized spacial score (nSPS) is 14.0. The summed E-state index contributed by atoms with van der Waals surface area (Å²) in [7, 11) is 0. The molecule has 1 aliphatic heterocycles. The van der Waals surface area contributed by atoms with Crippen molar-refractivity contribution in [2.24, 2.45) is 5.92 Å². The van der Waals surface area contributed by atoms with E-state index in [1.807, 2.05) is 17.0 Å². The highest BCUT2D eigenvalue weighted by molar-refractivity contribution is 5.74. The molecule has 2 N–H and O–H groups in total. The number of carbonyl (C=O) groups is 2. The molecule has 2 amide bonds. The third-order valence-electron chi connectivity index (χ3n) is 3.59. The fraction of sp³-hybridized carbons (Fsp3) is 0.562. The summed E-state index contributed by atoms with van der Waals surface area (Å²) < 4.78 is 0. The highest BCUT2D eigenvalue weighted by atomic mass is 16.3. The Bertz CT molecular complexity index is 460. The summed E-state index contributed by atoms with van der Waals surface area (Å²) in [5.74, 6) is 0.624. The summed E-state index contributed by atoms with van der Waals surface area (Å²) in [5, 5.41) is 9.89. The van der Waals surface area contributed by atoms with Gasteiger partial charge in [-0.05, 0) is 24.5 Å². The molecule has 23 heavy (non-hydrogen) atoms. The lowest BCUT2D eigenvalue weighted by molar-refractivity contribution is -0.122. The summed E-state index contributed by atoms with van der Waals surface area (Å²) in [4.78, 5) is 28.6. The molecule has 0 bridgehead atoms. The van der Waals surface area contributed by atoms with Crippen molar-refractivity contribution in [1.29, 1.82) is 0 Å². The van der Waals surface area contributed by atoms with Crippen LogP contribution >= 0.6 is 0 Å². The smallest absolute Gasteiger partial charge is 0.317 e. The van der Waals surface area contributed by atoms with E-state index in [2.05, 4.69) is 29.0 Å². The Morgan fingerprint density at radius 1 is 1.30 bits per heavy atom. The number of nitrogens with one attached hydrogen (secondary N) is 1. The predicted molar refractivity (Wildman–Crippen MR) is 89.6 cm³/mol. The Labute approximate surface area is 137 Å². The van der Waals surface area contributed by atoms with E-state index in [9.17, 15) is 4.79 Å². The average molecular weight is 322 g/mol. The molecule has 0 aromatic carbocycles. The number of anilines is 1. The molecule has 128 valence electrons. The summed E-state index contributed by atoms with van der Waals surface area (Å²) in [6.07, 6.45) is 4.64. The molecule has 2 heterocycles. The lowest BCUT2D eigenvalue weighted by atomic mass is 10.1. The van der Waals surface area contributed by atoms with Gasteiger partial charge in [-0.15, -0.1) is 0 Å². The third-order valence-corrected chi connectivity index (χ3v) is 3.59. The zero-order valence-corrected chi connectivity index (χ0v) is 13.8. The third kappa shape index (κ3) is 6.99. The van der Waals surface area contributed by atoms with Crippen LogP contribution < -0.4 is 10.2 Å². The number of aromatic nitrogens is 1. The van der Waals surface area contributed by atoms with Crippen molar-refractivity contribution >= 4 is 18.2 Å². The van der Waals surface area contributed by atoms with Crippen molar-refractivity contribution in [3.05, 3.63) is 24.5 Å². The van der Waals surface area contributed by atoms with Crippen molar-refractivity contribution in [3.8, 4) is 0 Å². The van der Waals surface area contributed by atoms with E-state index < -0.39 is 0 Å². The van der Waals surface area contributed by atoms with Gasteiger partial charge in [-0.3, -0.25) is 9.78 Å². The molecule has 0 spiro atoms. The van der Waals surface area contributed by atoms with Crippen LogP contribution in [0.4, 0.5) is 10.5 Å². The maximum atomic E-state index is 12.0. The molecule has 7 nitrogen and oxygen atoms in total. The number of nitrogens with zero attached hydrogens (tertiary/aromatic N) is 3. The van der Waals surface area contributed by atoms with Crippen LogP contribution in [0.25, 0.3) is 0 Å². The zero-order chi connectivity index (χ0) is 17.1. The molecule has 1 aromatic heterocycles. The Morgan fingerprint density at radius 3 is 2.39 bits per heavy atom. The molecule has 0 unspecified atom stereocenters. The van der Waals surface area contributed by atoms with Crippen LogP contribution in [0, 0.1) is 5.92 Å². The number of hydrogen-bond donors (Lipinski definition) is 2. The van der Waals surface area contributed by atoms with Gasteiger partial charge >= 0.3 is 6.03 Å². The van der Waals surface area contributed by atoms with Gasteiger partial charge in [0.25, 0.3) is 6.47 Å². The number of pyridine rings is 1. The quantitative estimate of drug-likeness (QED) is 0.824. The number of hydrogen-bond acceptors (Lipinski definition) is 4. The molecular weight excluding hydrogens is 296 g/mol. The zero-order valence-electron chi connectivity index (χ0n) is 13.8. The first-order valence-corrected chi connectivity index (χ1v) is 7.84. The Morgan fingerprint density at radius 2 is 1.87 bits per heavy atom. The van der Waals surface area contributed by atoms with Gasteiger partial charge in [0.2, 0.25) is 0 Å². The van der Waals surface area contributed by atoms with Crippen molar-refractivity contribution in [3.63, 3.8) is 0 Å². The van der Waals surface area contributed by atoms with Gasteiger partial charge in [0, 0.05) is 50.8 Å². The van der Waals surface area contributed by atoms with Gasteiger partial charge in [0.1, 0.15) is 0 Å². The first-order chi connectivity index (χ1) is 11.1. The SMILES string of the molecule is CC(C)CCNC(=O)N1CCN(c2ccncc2)CC1.O=CO. The number of amides is 2. The monoisotopic (exact) mass is 322 g/mol. The molecular formula is C16H26N4O3. The van der Waals surface area contributed by atoms with Crippen molar-refractivity contribution in [1.82, 2.24) is 15.2 Å². The summed E-state index contributed by atoms with van der Waals surface area (Å²) in [5.41, 5.74) is 1.18. The number of urea groups is 1. The minimum Gasteiger partial charge on any atom is -0.483 e. The van der Waals surface area contributed by atoms with Crippen LogP contribution in [-0.4, -0.2) is 60.2 Å². The van der Waals surface area contributed by atoms with Gasteiger partial charge < -0.3 is 20.2 Å². The molecule has 1 aliphatic rings. The topological polar surface area (TPSA) is 85.8 Å². The van der Waals surface area contributed by atoms with E-state index >= 15 is 0 Å². The molecule has 1 aromatic rings. The minimum atomic E-state index is -0.250. The average Bonchev–Trinajstić information content (AvgIpc) is 2.56. The lowest BCUT2D eigenvalue weighted by Crippen LogP contribution is -2.52. The summed E-state index contributed by atoms with van der Waals surface area (Å²) >= 11 is 0. The van der Waals surface area contributed by atoms with Gasteiger partial charge in [0.05, 0.1) is 0 Å². The van der Waals surface area contributed by atoms with Crippen LogP contribution in [0.5, 0.6) is 0 Å². The molecule has 1 saturated heterocycles. The van der Waals surface area contributed by atoms with Gasteiger partial charge in [-0.25, -0.2) is 4.79 Å². The number of carbonyl (C=O) groups excluding carboxylic acids is 1. The highest BCUT2D eigenvalue weighted by Crippen LogP contribution is 2.14. The maximum absolute atomic E-state index is 12.0. The fourth-order valence-electron chi connectivity index (χ4n) is 2.30. The summed E-state index contributed by atoms with van der Waals surface area (Å²) in [6, 6.07) is 4.09. The highest BCUT2D eigenvalue weighted by Gasteiger charge is 2.20. The summed E-state index contributed by atoms with van der Waals surface area (Å²) in [6.45, 7) is 8.15. The van der Waals surface area contributed by atoms with Crippen LogP contribution in [0.15, 0.2) is 24.5 Å². The van der Waals surface area contributed by atoms with E-state index in [0.717, 1.165) is 39.1 Å². The second kappa shape index (κ2) is 10.4. The van der Waals surface area contributed by atoms with Crippen LogP contribution in [0.2, 0.25) is 0 Å². The van der Waals surface area contributed by atoms with E-state index in [4.69, 9.17) is 9.90 Å². The lowest BCUT2D eigenvalue weighted by Gasteiger charge is -2.36. The first kappa shape index (κ1) is 18.7. The second-order valence-electron chi connectivity index (χ2n) is 5.70. The molecule has 0 atom stereocenters. The van der Waals surface area contributed by atoms with Crippen molar-refractivity contribution < 1.29 is 14.7 Å². The van der Waals surface area contributed by atoms with Gasteiger partial charge in [-0.2, -0.15) is 0 Å². The molecule has 7 heteroatoms. The van der Waals surface area contributed by atoms with Gasteiger partial charge in [-0.1, -0.05) is 13.8 Å². The second-order valence-corrected chi connectivity index (χ2v) is 5.70. The van der Waals surface area contributed by atoms with Crippen LogP contribution in [0.3, 0.4) is 0 Å².